The van der Waals surface area contributed by atoms with Gasteiger partial charge in [0.1, 0.15) is 6.17 Å². The van der Waals surface area contributed by atoms with E-state index in [4.69, 9.17) is 0 Å². The lowest BCUT2D eigenvalue weighted by Crippen LogP contribution is -2.23. The predicted octanol–water partition coefficient (Wildman–Crippen LogP) is 1.34. The van der Waals surface area contributed by atoms with E-state index in [1.807, 2.05) is 22.9 Å². The van der Waals surface area contributed by atoms with Crippen LogP contribution >= 0.6 is 0 Å². The molecule has 0 fully saturated rings. The van der Waals surface area contributed by atoms with E-state index in [2.05, 4.69) is 23.5 Å². The minimum atomic E-state index is 0.102. The van der Waals surface area contributed by atoms with E-state index in [1.165, 1.54) is 0 Å². The van der Waals surface area contributed by atoms with Crippen LogP contribution in [-0.2, 0) is 0 Å². The number of aromatic nitrogens is 2. The number of nitrogens with zero attached hydrogens (tertiary/aromatic N) is 2. The molecule has 0 bridgehead atoms. The molecule has 12 heavy (non-hydrogen) atoms. The monoisotopic (exact) mass is 163 g/mol. The van der Waals surface area contributed by atoms with Gasteiger partial charge in [-0.25, -0.2) is 4.98 Å². The van der Waals surface area contributed by atoms with E-state index in [0.29, 0.717) is 0 Å². The summed E-state index contributed by atoms with van der Waals surface area (Å²) in [5, 5.41) is 3.21. The average Bonchev–Trinajstić information content (AvgIpc) is 2.59. The van der Waals surface area contributed by atoms with Crippen molar-refractivity contribution in [1.82, 2.24) is 14.9 Å². The quantitative estimate of drug-likeness (QED) is 0.664. The summed E-state index contributed by atoms with van der Waals surface area (Å²) in [6, 6.07) is 0. The Balaban J connectivity index is 2.56. The largest absolute Gasteiger partial charge is 0.318 e. The van der Waals surface area contributed by atoms with Crippen molar-refractivity contribution in [2.45, 2.75) is 6.17 Å². The summed E-state index contributed by atoms with van der Waals surface area (Å²) >= 11 is 0. The molecule has 0 aliphatic carbocycles. The average molecular weight is 163 g/mol. The molecule has 1 heterocycles. The zero-order chi connectivity index (χ0) is 8.81. The molecule has 1 unspecified atom stereocenters. The van der Waals surface area contributed by atoms with E-state index < -0.39 is 0 Å². The number of hydrogen-bond donors (Lipinski definition) is 1. The van der Waals surface area contributed by atoms with Gasteiger partial charge in [0, 0.05) is 18.9 Å². The molecule has 0 radical (unpaired) electrons. The van der Waals surface area contributed by atoms with Crippen LogP contribution in [0, 0.1) is 0 Å². The molecule has 1 aromatic rings. The highest BCUT2D eigenvalue weighted by Gasteiger charge is 2.01. The van der Waals surface area contributed by atoms with Gasteiger partial charge in [-0.2, -0.15) is 0 Å². The Bertz CT molecular complexity index is 238. The second-order valence-corrected chi connectivity index (χ2v) is 2.39. The summed E-state index contributed by atoms with van der Waals surface area (Å²) in [7, 11) is 0. The minimum absolute atomic E-state index is 0.102. The Morgan fingerprint density at radius 1 is 1.58 bits per heavy atom. The Morgan fingerprint density at radius 2 is 2.42 bits per heavy atom. The van der Waals surface area contributed by atoms with Crippen molar-refractivity contribution in [2.75, 3.05) is 6.54 Å². The van der Waals surface area contributed by atoms with Gasteiger partial charge >= 0.3 is 0 Å². The Morgan fingerprint density at radius 3 is 2.92 bits per heavy atom. The molecular formula is C9H13N3. The number of imidazole rings is 1. The van der Waals surface area contributed by atoms with Crippen LogP contribution in [0.4, 0.5) is 0 Å². The molecule has 0 aliphatic rings. The van der Waals surface area contributed by atoms with Crippen molar-refractivity contribution in [3.63, 3.8) is 0 Å². The lowest BCUT2D eigenvalue weighted by molar-refractivity contribution is 0.508. The highest BCUT2D eigenvalue weighted by Crippen LogP contribution is 2.01. The molecule has 3 nitrogen and oxygen atoms in total. The number of rotatable bonds is 5. The maximum absolute atomic E-state index is 3.95. The highest BCUT2D eigenvalue weighted by molar-refractivity contribution is 4.89. The predicted molar refractivity (Wildman–Crippen MR) is 49.7 cm³/mol. The van der Waals surface area contributed by atoms with Gasteiger partial charge in [0.05, 0.1) is 6.33 Å². The molecule has 1 rings (SSSR count). The van der Waals surface area contributed by atoms with Crippen LogP contribution in [0.1, 0.15) is 6.17 Å². The lowest BCUT2D eigenvalue weighted by atomic mass is 10.4. The number of nitrogens with one attached hydrogen (secondary N) is 1. The molecule has 0 aliphatic heterocycles. The Hall–Kier alpha value is -1.35. The van der Waals surface area contributed by atoms with Crippen LogP contribution in [0.15, 0.2) is 44.0 Å². The van der Waals surface area contributed by atoms with Gasteiger partial charge in [0.25, 0.3) is 0 Å². The Labute approximate surface area is 72.4 Å². The van der Waals surface area contributed by atoms with Gasteiger partial charge in [-0.1, -0.05) is 18.7 Å². The van der Waals surface area contributed by atoms with Crippen molar-refractivity contribution in [3.8, 4) is 0 Å². The SMILES string of the molecule is C=CCNC(C=C)n1ccnc1. The van der Waals surface area contributed by atoms with E-state index in [1.54, 1.807) is 12.5 Å². The van der Waals surface area contributed by atoms with Crippen molar-refractivity contribution >= 4 is 0 Å². The smallest absolute Gasteiger partial charge is 0.104 e. The Kier molecular flexibility index (Phi) is 3.29. The first-order valence-corrected chi connectivity index (χ1v) is 3.82. The van der Waals surface area contributed by atoms with E-state index in [-0.39, 0.29) is 6.17 Å². The highest BCUT2D eigenvalue weighted by atomic mass is 15.2. The normalized spacial score (nSPS) is 12.3. The molecular weight excluding hydrogens is 150 g/mol. The lowest BCUT2D eigenvalue weighted by Gasteiger charge is -2.14. The third-order valence-corrected chi connectivity index (χ3v) is 1.54. The molecule has 1 aromatic heterocycles. The zero-order valence-electron chi connectivity index (χ0n) is 6.98. The van der Waals surface area contributed by atoms with Gasteiger partial charge < -0.3 is 4.57 Å². The summed E-state index contributed by atoms with van der Waals surface area (Å²) in [6.07, 6.45) is 9.13. The molecule has 0 spiro atoms. The summed E-state index contributed by atoms with van der Waals surface area (Å²) in [5.74, 6) is 0. The molecule has 3 heteroatoms. The minimum Gasteiger partial charge on any atom is -0.318 e. The van der Waals surface area contributed by atoms with Crippen LogP contribution in [0.25, 0.3) is 0 Å². The van der Waals surface area contributed by atoms with Crippen molar-refractivity contribution in [1.29, 1.82) is 0 Å². The maximum Gasteiger partial charge on any atom is 0.104 e. The second-order valence-electron chi connectivity index (χ2n) is 2.39. The van der Waals surface area contributed by atoms with Gasteiger partial charge in [-0.15, -0.1) is 6.58 Å². The van der Waals surface area contributed by atoms with Crippen molar-refractivity contribution in [2.24, 2.45) is 0 Å². The summed E-state index contributed by atoms with van der Waals surface area (Å²) in [4.78, 5) is 3.95. The second kappa shape index (κ2) is 4.51. The number of hydrogen-bond acceptors (Lipinski definition) is 2. The molecule has 64 valence electrons. The van der Waals surface area contributed by atoms with E-state index >= 15 is 0 Å². The molecule has 1 N–H and O–H groups in total. The fraction of sp³-hybridized carbons (Fsp3) is 0.222. The summed E-state index contributed by atoms with van der Waals surface area (Å²) in [6.45, 7) is 8.11. The first-order chi connectivity index (χ1) is 5.88. The molecule has 0 saturated heterocycles. The van der Waals surface area contributed by atoms with Crippen molar-refractivity contribution < 1.29 is 0 Å². The van der Waals surface area contributed by atoms with Crippen LogP contribution in [0.2, 0.25) is 0 Å². The summed E-state index contributed by atoms with van der Waals surface area (Å²) in [5.41, 5.74) is 0. The van der Waals surface area contributed by atoms with Crippen LogP contribution in [0.3, 0.4) is 0 Å². The zero-order valence-corrected chi connectivity index (χ0v) is 6.98. The fourth-order valence-electron chi connectivity index (χ4n) is 0.949. The molecule has 0 amide bonds. The maximum atomic E-state index is 3.95. The van der Waals surface area contributed by atoms with E-state index in [0.717, 1.165) is 6.54 Å². The molecule has 0 saturated carbocycles. The van der Waals surface area contributed by atoms with Crippen LogP contribution in [0.5, 0.6) is 0 Å². The standard InChI is InChI=1S/C9H13N3/c1-3-5-11-9(4-2)12-7-6-10-8-12/h3-4,6-9,11H,1-2,5H2. The molecule has 0 aromatic carbocycles. The van der Waals surface area contributed by atoms with Gasteiger partial charge in [0.2, 0.25) is 0 Å². The third kappa shape index (κ3) is 2.07. The van der Waals surface area contributed by atoms with Crippen molar-refractivity contribution in [3.05, 3.63) is 44.0 Å². The first kappa shape index (κ1) is 8.74. The third-order valence-electron chi connectivity index (χ3n) is 1.54. The van der Waals surface area contributed by atoms with Crippen LogP contribution in [-0.4, -0.2) is 16.1 Å². The fourth-order valence-corrected chi connectivity index (χ4v) is 0.949. The van der Waals surface area contributed by atoms with Crippen LogP contribution < -0.4 is 5.32 Å². The molecule has 1 atom stereocenters. The van der Waals surface area contributed by atoms with Gasteiger partial charge in [-0.3, -0.25) is 5.32 Å². The topological polar surface area (TPSA) is 29.9 Å². The van der Waals surface area contributed by atoms with Gasteiger partial charge in [0.15, 0.2) is 0 Å². The van der Waals surface area contributed by atoms with Gasteiger partial charge in [-0.05, 0) is 0 Å². The van der Waals surface area contributed by atoms with E-state index in [9.17, 15) is 0 Å². The first-order valence-electron chi connectivity index (χ1n) is 3.82. The summed E-state index contributed by atoms with van der Waals surface area (Å²) < 4.78 is 1.94.